The van der Waals surface area contributed by atoms with E-state index < -0.39 is 5.69 Å². The van der Waals surface area contributed by atoms with Crippen LogP contribution < -0.4 is 11.0 Å². The molecular formula is C20H22ClN5O3. The van der Waals surface area contributed by atoms with Crippen LogP contribution in [0.15, 0.2) is 47.4 Å². The van der Waals surface area contributed by atoms with E-state index in [-0.39, 0.29) is 25.1 Å². The molecule has 0 saturated carbocycles. The van der Waals surface area contributed by atoms with Crippen LogP contribution in [0.4, 0.5) is 0 Å². The lowest BCUT2D eigenvalue weighted by molar-refractivity contribution is -0.122. The van der Waals surface area contributed by atoms with Gasteiger partial charge in [0.05, 0.1) is 11.9 Å². The quantitative estimate of drug-likeness (QED) is 0.612. The Kier molecular flexibility index (Phi) is 6.46. The molecule has 0 bridgehead atoms. The number of hydrogen-bond acceptors (Lipinski definition) is 5. The number of nitrogens with zero attached hydrogens (tertiary/aromatic N) is 4. The number of carbonyl (C=O) groups excluding carboxylic acids is 1. The van der Waals surface area contributed by atoms with Crippen LogP contribution in [0.3, 0.4) is 0 Å². The lowest BCUT2D eigenvalue weighted by Crippen LogP contribution is -2.36. The van der Waals surface area contributed by atoms with E-state index in [0.29, 0.717) is 34.2 Å². The molecule has 1 amide bonds. The van der Waals surface area contributed by atoms with E-state index in [1.54, 1.807) is 36.4 Å². The number of aliphatic hydroxyl groups excluding tert-OH is 1. The first-order valence-electron chi connectivity index (χ1n) is 9.20. The minimum Gasteiger partial charge on any atom is -0.396 e. The standard InChI is InChI=1S/C20H22ClN5O3/c1-13(2)23-18(28)12-25-19(14-4-3-5-15(21)10-14)24-26(20(25)29)17-7-6-16(8-9-27)22-11-17/h3-7,10-11,13,27H,8-9,12H2,1-2H3,(H,23,28). The molecule has 0 aliphatic rings. The van der Waals surface area contributed by atoms with Gasteiger partial charge in [0.1, 0.15) is 6.54 Å². The average molecular weight is 416 g/mol. The maximum Gasteiger partial charge on any atom is 0.351 e. The number of rotatable bonds is 7. The van der Waals surface area contributed by atoms with Gasteiger partial charge in [-0.15, -0.1) is 5.10 Å². The molecule has 0 aliphatic heterocycles. The van der Waals surface area contributed by atoms with Gasteiger partial charge in [-0.05, 0) is 38.1 Å². The van der Waals surface area contributed by atoms with Gasteiger partial charge in [-0.3, -0.25) is 14.3 Å². The van der Waals surface area contributed by atoms with Crippen molar-refractivity contribution in [2.75, 3.05) is 6.61 Å². The number of pyridine rings is 1. The van der Waals surface area contributed by atoms with Crippen LogP contribution in [-0.2, 0) is 17.8 Å². The summed E-state index contributed by atoms with van der Waals surface area (Å²) >= 11 is 6.10. The van der Waals surface area contributed by atoms with Crippen molar-refractivity contribution >= 4 is 17.5 Å². The summed E-state index contributed by atoms with van der Waals surface area (Å²) in [6.07, 6.45) is 1.94. The van der Waals surface area contributed by atoms with E-state index in [4.69, 9.17) is 16.7 Å². The third-order valence-electron chi connectivity index (χ3n) is 4.12. The van der Waals surface area contributed by atoms with Gasteiger partial charge in [-0.1, -0.05) is 23.7 Å². The highest BCUT2D eigenvalue weighted by molar-refractivity contribution is 6.30. The van der Waals surface area contributed by atoms with Gasteiger partial charge in [-0.25, -0.2) is 4.79 Å². The molecule has 3 aromatic rings. The normalized spacial score (nSPS) is 11.1. The van der Waals surface area contributed by atoms with Crippen LogP contribution >= 0.6 is 11.6 Å². The van der Waals surface area contributed by atoms with Crippen molar-refractivity contribution in [1.82, 2.24) is 24.6 Å². The Bertz CT molecular complexity index is 1060. The van der Waals surface area contributed by atoms with Crippen LogP contribution in [0.2, 0.25) is 5.02 Å². The molecule has 9 heteroatoms. The molecule has 2 N–H and O–H groups in total. The second-order valence-electron chi connectivity index (χ2n) is 6.82. The van der Waals surface area contributed by atoms with Gasteiger partial charge in [0.2, 0.25) is 5.91 Å². The van der Waals surface area contributed by atoms with Crippen molar-refractivity contribution in [1.29, 1.82) is 0 Å². The number of nitrogens with one attached hydrogen (secondary N) is 1. The van der Waals surface area contributed by atoms with Crippen LogP contribution in [0.1, 0.15) is 19.5 Å². The zero-order valence-electron chi connectivity index (χ0n) is 16.2. The molecule has 0 aliphatic carbocycles. The fraction of sp³-hybridized carbons (Fsp3) is 0.300. The second kappa shape index (κ2) is 9.02. The Morgan fingerprint density at radius 3 is 2.69 bits per heavy atom. The van der Waals surface area contributed by atoms with E-state index in [9.17, 15) is 9.59 Å². The number of carbonyl (C=O) groups is 1. The Morgan fingerprint density at radius 1 is 1.28 bits per heavy atom. The molecule has 0 saturated heterocycles. The van der Waals surface area contributed by atoms with Crippen molar-refractivity contribution in [2.45, 2.75) is 32.9 Å². The van der Waals surface area contributed by atoms with E-state index in [2.05, 4.69) is 15.4 Å². The zero-order valence-corrected chi connectivity index (χ0v) is 16.9. The maximum atomic E-state index is 13.1. The molecule has 2 aromatic heterocycles. The summed E-state index contributed by atoms with van der Waals surface area (Å²) in [6.45, 7) is 3.52. The summed E-state index contributed by atoms with van der Waals surface area (Å²) in [7, 11) is 0. The third-order valence-corrected chi connectivity index (χ3v) is 4.35. The molecule has 8 nitrogen and oxygen atoms in total. The second-order valence-corrected chi connectivity index (χ2v) is 7.25. The summed E-state index contributed by atoms with van der Waals surface area (Å²) in [4.78, 5) is 29.6. The Balaban J connectivity index is 2.07. The lowest BCUT2D eigenvalue weighted by atomic mass is 10.2. The fourth-order valence-corrected chi connectivity index (χ4v) is 3.05. The van der Waals surface area contributed by atoms with Crippen molar-refractivity contribution < 1.29 is 9.90 Å². The SMILES string of the molecule is CC(C)NC(=O)Cn1c(-c2cccc(Cl)c2)nn(-c2ccc(CCO)nc2)c1=O. The number of benzene rings is 1. The summed E-state index contributed by atoms with van der Waals surface area (Å²) in [5.74, 6) is 0.0391. The minimum atomic E-state index is -0.462. The van der Waals surface area contributed by atoms with E-state index >= 15 is 0 Å². The van der Waals surface area contributed by atoms with Gasteiger partial charge in [0.25, 0.3) is 0 Å². The van der Waals surface area contributed by atoms with Gasteiger partial charge < -0.3 is 10.4 Å². The van der Waals surface area contributed by atoms with E-state index in [0.717, 1.165) is 0 Å². The third kappa shape index (κ3) is 4.90. The van der Waals surface area contributed by atoms with Crippen LogP contribution in [0, 0.1) is 0 Å². The molecule has 0 fully saturated rings. The molecule has 2 heterocycles. The van der Waals surface area contributed by atoms with Gasteiger partial charge >= 0.3 is 5.69 Å². The number of aliphatic hydroxyl groups is 1. The highest BCUT2D eigenvalue weighted by Crippen LogP contribution is 2.21. The predicted octanol–water partition coefficient (Wildman–Crippen LogP) is 1.81. The highest BCUT2D eigenvalue weighted by atomic mass is 35.5. The summed E-state index contributed by atoms with van der Waals surface area (Å²) in [5.41, 5.74) is 1.32. The molecule has 152 valence electrons. The molecule has 0 atom stereocenters. The summed E-state index contributed by atoms with van der Waals surface area (Å²) in [6, 6.07) is 10.3. The van der Waals surface area contributed by atoms with Gasteiger partial charge in [-0.2, -0.15) is 4.68 Å². The smallest absolute Gasteiger partial charge is 0.351 e. The Hall–Kier alpha value is -2.97. The van der Waals surface area contributed by atoms with E-state index in [1.165, 1.54) is 15.4 Å². The van der Waals surface area contributed by atoms with Crippen molar-refractivity contribution in [3.05, 3.63) is 63.8 Å². The largest absolute Gasteiger partial charge is 0.396 e. The summed E-state index contributed by atoms with van der Waals surface area (Å²) in [5, 5.41) is 16.7. The molecule has 0 spiro atoms. The maximum absolute atomic E-state index is 13.1. The van der Waals surface area contributed by atoms with E-state index in [1.807, 2.05) is 13.8 Å². The van der Waals surface area contributed by atoms with Crippen LogP contribution in [0.25, 0.3) is 17.1 Å². The topological polar surface area (TPSA) is 102 Å². The first kappa shape index (κ1) is 20.8. The van der Waals surface area contributed by atoms with Crippen molar-refractivity contribution in [3.8, 4) is 17.1 Å². The first-order valence-corrected chi connectivity index (χ1v) is 9.58. The monoisotopic (exact) mass is 415 g/mol. The van der Waals surface area contributed by atoms with Gasteiger partial charge in [0.15, 0.2) is 5.82 Å². The van der Waals surface area contributed by atoms with Crippen LogP contribution in [-0.4, -0.2) is 43.0 Å². The molecular weight excluding hydrogens is 394 g/mol. The number of aromatic nitrogens is 4. The minimum absolute atomic E-state index is 0.00913. The summed E-state index contributed by atoms with van der Waals surface area (Å²) < 4.78 is 2.51. The predicted molar refractivity (Wildman–Crippen MR) is 110 cm³/mol. The van der Waals surface area contributed by atoms with Crippen molar-refractivity contribution in [3.63, 3.8) is 0 Å². The number of amides is 1. The fourth-order valence-electron chi connectivity index (χ4n) is 2.86. The number of hydrogen-bond donors (Lipinski definition) is 2. The lowest BCUT2D eigenvalue weighted by Gasteiger charge is -2.09. The Morgan fingerprint density at radius 2 is 2.07 bits per heavy atom. The van der Waals surface area contributed by atoms with Gasteiger partial charge in [0, 0.05) is 35.3 Å². The molecule has 29 heavy (non-hydrogen) atoms. The van der Waals surface area contributed by atoms with Crippen molar-refractivity contribution in [2.24, 2.45) is 0 Å². The first-order chi connectivity index (χ1) is 13.9. The van der Waals surface area contributed by atoms with Crippen LogP contribution in [0.5, 0.6) is 0 Å². The highest BCUT2D eigenvalue weighted by Gasteiger charge is 2.19. The zero-order chi connectivity index (χ0) is 21.0. The molecule has 3 rings (SSSR count). The molecule has 0 unspecified atom stereocenters. The molecule has 1 aromatic carbocycles. The Labute approximate surface area is 172 Å². The number of halogens is 1. The average Bonchev–Trinajstić information content (AvgIpc) is 2.98. The molecule has 0 radical (unpaired) electrons.